The zero-order valence-electron chi connectivity index (χ0n) is 21.2. The molecular formula is C28H25BrIN3O4S. The molecule has 0 unspecified atom stereocenters. The van der Waals surface area contributed by atoms with E-state index in [1.165, 1.54) is 11.3 Å². The second-order valence-corrected chi connectivity index (χ2v) is 11.6. The predicted octanol–water partition coefficient (Wildman–Crippen LogP) is 5.23. The van der Waals surface area contributed by atoms with Crippen LogP contribution in [0, 0.1) is 3.77 Å². The molecule has 1 amide bonds. The first-order valence-corrected chi connectivity index (χ1v) is 14.8. The Balaban J connectivity index is 1.86. The van der Waals surface area contributed by atoms with Crippen molar-refractivity contribution in [3.63, 3.8) is 0 Å². The monoisotopic (exact) mass is 705 g/mol. The van der Waals surface area contributed by atoms with Gasteiger partial charge in [-0.25, -0.2) is 4.99 Å². The van der Waals surface area contributed by atoms with Crippen molar-refractivity contribution in [3.8, 4) is 5.75 Å². The molecule has 5 rings (SSSR count). The lowest BCUT2D eigenvalue weighted by atomic mass is 9.90. The van der Waals surface area contributed by atoms with Gasteiger partial charge in [-0.15, -0.1) is 0 Å². The number of furan rings is 1. The van der Waals surface area contributed by atoms with E-state index in [0.717, 1.165) is 20.8 Å². The number of methoxy groups -OCH3 is 1. The van der Waals surface area contributed by atoms with Gasteiger partial charge in [0.15, 0.2) is 8.57 Å². The summed E-state index contributed by atoms with van der Waals surface area (Å²) >= 11 is 6.83. The van der Waals surface area contributed by atoms with E-state index >= 15 is 0 Å². The maximum atomic E-state index is 14.1. The van der Waals surface area contributed by atoms with Crippen LogP contribution < -0.4 is 19.6 Å². The Bertz CT molecular complexity index is 1760. The molecule has 0 bridgehead atoms. The van der Waals surface area contributed by atoms with E-state index in [4.69, 9.17) is 14.1 Å². The molecule has 2 aromatic carbocycles. The van der Waals surface area contributed by atoms with E-state index in [-0.39, 0.29) is 11.5 Å². The lowest BCUT2D eigenvalue weighted by molar-refractivity contribution is -0.127. The van der Waals surface area contributed by atoms with E-state index in [2.05, 4.69) is 38.5 Å². The van der Waals surface area contributed by atoms with Gasteiger partial charge in [-0.1, -0.05) is 41.7 Å². The molecule has 196 valence electrons. The van der Waals surface area contributed by atoms with E-state index in [0.29, 0.717) is 49.0 Å². The second kappa shape index (κ2) is 10.8. The van der Waals surface area contributed by atoms with Gasteiger partial charge in [0.05, 0.1) is 27.4 Å². The maximum Gasteiger partial charge on any atom is 0.271 e. The van der Waals surface area contributed by atoms with Crippen molar-refractivity contribution >= 4 is 72.6 Å². The molecule has 0 N–H and O–H groups in total. The third-order valence-corrected chi connectivity index (χ3v) is 9.78. The minimum atomic E-state index is -0.717. The summed E-state index contributed by atoms with van der Waals surface area (Å²) in [6.07, 6.45) is 1.72. The Morgan fingerprint density at radius 3 is 2.66 bits per heavy atom. The lowest BCUT2D eigenvalue weighted by Crippen LogP contribution is -2.43. The van der Waals surface area contributed by atoms with Gasteiger partial charge < -0.3 is 14.1 Å². The number of nitrogens with zero attached hydrogens (tertiary/aromatic N) is 3. The third kappa shape index (κ3) is 4.56. The standard InChI is InChI=1S/C28H25BrIN3O4S/c1-5-32(6-2)27(35)22-15(3)31-28-33(26(34)21(38-28)14-17-13-19(29)25(30)37-17)24(22)23-18-10-8-7-9-16(18)11-12-20(23)36-4/h7-14,24H,5-6H2,1-4H3/b21-14+/t24-/m0/s1. The molecule has 1 atom stereocenters. The van der Waals surface area contributed by atoms with E-state index < -0.39 is 6.04 Å². The fourth-order valence-corrected chi connectivity index (χ4v) is 6.59. The highest BCUT2D eigenvalue weighted by molar-refractivity contribution is 14.1. The Labute approximate surface area is 245 Å². The molecule has 0 saturated carbocycles. The van der Waals surface area contributed by atoms with E-state index in [1.54, 1.807) is 22.7 Å². The highest BCUT2D eigenvalue weighted by atomic mass is 127. The Morgan fingerprint density at radius 2 is 2.00 bits per heavy atom. The highest BCUT2D eigenvalue weighted by Gasteiger charge is 2.36. The van der Waals surface area contributed by atoms with Crippen LogP contribution in [0.3, 0.4) is 0 Å². The summed E-state index contributed by atoms with van der Waals surface area (Å²) in [5.41, 5.74) is 1.58. The molecule has 38 heavy (non-hydrogen) atoms. The van der Waals surface area contributed by atoms with Gasteiger partial charge in [-0.2, -0.15) is 0 Å². The van der Waals surface area contributed by atoms with Crippen molar-refractivity contribution in [2.75, 3.05) is 20.2 Å². The first-order valence-electron chi connectivity index (χ1n) is 12.1. The van der Waals surface area contributed by atoms with Gasteiger partial charge in [0, 0.05) is 47.3 Å². The van der Waals surface area contributed by atoms with Gasteiger partial charge in [-0.3, -0.25) is 14.2 Å². The van der Waals surface area contributed by atoms with E-state index in [1.807, 2.05) is 63.2 Å². The van der Waals surface area contributed by atoms with Crippen molar-refractivity contribution in [1.82, 2.24) is 9.47 Å². The molecule has 0 aliphatic carbocycles. The summed E-state index contributed by atoms with van der Waals surface area (Å²) in [7, 11) is 1.61. The summed E-state index contributed by atoms with van der Waals surface area (Å²) in [4.78, 5) is 35.1. The molecule has 7 nitrogen and oxygen atoms in total. The molecule has 0 radical (unpaired) electrons. The number of amides is 1. The zero-order valence-corrected chi connectivity index (χ0v) is 25.8. The summed E-state index contributed by atoms with van der Waals surface area (Å²) in [5, 5.41) is 1.90. The van der Waals surface area contributed by atoms with Crippen LogP contribution in [0.5, 0.6) is 5.75 Å². The number of hydrogen-bond donors (Lipinski definition) is 0. The van der Waals surface area contributed by atoms with Gasteiger partial charge in [0.25, 0.3) is 11.5 Å². The number of thiazole rings is 1. The molecule has 2 aromatic heterocycles. The van der Waals surface area contributed by atoms with Crippen LogP contribution in [0.2, 0.25) is 0 Å². The predicted molar refractivity (Wildman–Crippen MR) is 161 cm³/mol. The van der Waals surface area contributed by atoms with Crippen LogP contribution in [-0.2, 0) is 4.79 Å². The fourth-order valence-electron chi connectivity index (χ4n) is 4.85. The lowest BCUT2D eigenvalue weighted by Gasteiger charge is -2.30. The number of carbonyl (C=O) groups is 1. The molecular weight excluding hydrogens is 681 g/mol. The third-order valence-electron chi connectivity index (χ3n) is 6.66. The van der Waals surface area contributed by atoms with Crippen molar-refractivity contribution in [1.29, 1.82) is 0 Å². The minimum absolute atomic E-state index is 0.143. The number of allylic oxidation sites excluding steroid dienone is 1. The van der Waals surface area contributed by atoms with Crippen LogP contribution in [-0.4, -0.2) is 35.6 Å². The molecule has 3 heterocycles. The molecule has 0 fully saturated rings. The van der Waals surface area contributed by atoms with Crippen molar-refractivity contribution in [3.05, 3.63) is 93.0 Å². The fraction of sp³-hybridized carbons (Fsp3) is 0.250. The number of ether oxygens (including phenoxy) is 1. The van der Waals surface area contributed by atoms with Crippen molar-refractivity contribution < 1.29 is 13.9 Å². The van der Waals surface area contributed by atoms with E-state index in [9.17, 15) is 9.59 Å². The van der Waals surface area contributed by atoms with Crippen LogP contribution in [0.15, 0.2) is 72.4 Å². The van der Waals surface area contributed by atoms with Gasteiger partial charge in [0.1, 0.15) is 17.6 Å². The summed E-state index contributed by atoms with van der Waals surface area (Å²) < 4.78 is 15.2. The topological polar surface area (TPSA) is 77.0 Å². The summed E-state index contributed by atoms with van der Waals surface area (Å²) in [6.45, 7) is 6.82. The second-order valence-electron chi connectivity index (χ2n) is 8.73. The van der Waals surface area contributed by atoms with Crippen LogP contribution in [0.4, 0.5) is 0 Å². The molecule has 10 heteroatoms. The largest absolute Gasteiger partial charge is 0.496 e. The van der Waals surface area contributed by atoms with Gasteiger partial charge in [0.2, 0.25) is 0 Å². The summed E-state index contributed by atoms with van der Waals surface area (Å²) in [5.74, 6) is 1.02. The number of hydrogen-bond acceptors (Lipinski definition) is 6. The SMILES string of the molecule is CCN(CC)C(=O)C1=C(C)N=c2s/c(=C/c3cc(Br)c(I)o3)c(=O)n2[C@@H]1c1c(OC)ccc2ccccc12. The average molecular weight is 706 g/mol. The first-order chi connectivity index (χ1) is 18.3. The molecule has 4 aromatic rings. The number of rotatable bonds is 6. The van der Waals surface area contributed by atoms with Gasteiger partial charge >= 0.3 is 0 Å². The summed E-state index contributed by atoms with van der Waals surface area (Å²) in [6, 6.07) is 12.9. The average Bonchev–Trinajstić information content (AvgIpc) is 3.39. The number of benzene rings is 2. The van der Waals surface area contributed by atoms with Gasteiger partial charge in [-0.05, 0) is 59.6 Å². The Morgan fingerprint density at radius 1 is 1.26 bits per heavy atom. The first kappa shape index (κ1) is 26.9. The number of halogens is 2. The number of carbonyl (C=O) groups excluding carboxylic acids is 1. The maximum absolute atomic E-state index is 14.1. The number of likely N-dealkylation sites (N-methyl/N-ethyl adjacent to an activating group) is 1. The quantitative estimate of drug-likeness (QED) is 0.258. The minimum Gasteiger partial charge on any atom is -0.496 e. The van der Waals surface area contributed by atoms with Crippen molar-refractivity contribution in [2.24, 2.45) is 4.99 Å². The van der Waals surface area contributed by atoms with Crippen LogP contribution >= 0.6 is 49.9 Å². The molecule has 1 aliphatic rings. The number of fused-ring (bicyclic) bond motifs is 2. The van der Waals surface area contributed by atoms with Crippen LogP contribution in [0.25, 0.3) is 16.8 Å². The Kier molecular flexibility index (Phi) is 7.65. The molecule has 0 spiro atoms. The normalized spacial score (nSPS) is 15.5. The molecule has 0 saturated heterocycles. The zero-order chi connectivity index (χ0) is 27.1. The van der Waals surface area contributed by atoms with Crippen LogP contribution in [0.1, 0.15) is 38.1 Å². The number of aromatic nitrogens is 1. The Hall–Kier alpha value is -2.70. The van der Waals surface area contributed by atoms with Crippen molar-refractivity contribution in [2.45, 2.75) is 26.8 Å². The highest BCUT2D eigenvalue weighted by Crippen LogP contribution is 2.40. The smallest absolute Gasteiger partial charge is 0.271 e. The molecule has 1 aliphatic heterocycles.